The summed E-state index contributed by atoms with van der Waals surface area (Å²) in [4.78, 5) is 16.9. The summed E-state index contributed by atoms with van der Waals surface area (Å²) in [7, 11) is 0. The third-order valence-corrected chi connectivity index (χ3v) is 6.10. The molecule has 1 fully saturated rings. The lowest BCUT2D eigenvalue weighted by molar-refractivity contribution is 0.116. The Hall–Kier alpha value is -3.40. The first kappa shape index (κ1) is 21.4. The molecule has 0 aliphatic carbocycles. The summed E-state index contributed by atoms with van der Waals surface area (Å²) in [6, 6.07) is 11.8. The molecule has 7 nitrogen and oxygen atoms in total. The molecular formula is C23H22F3N5O2. The van der Waals surface area contributed by atoms with Gasteiger partial charge in [0.05, 0.1) is 12.2 Å². The van der Waals surface area contributed by atoms with E-state index in [1.807, 2.05) is 29.2 Å². The number of para-hydroxylation sites is 1. The Morgan fingerprint density at radius 1 is 1.12 bits per heavy atom. The van der Waals surface area contributed by atoms with Crippen molar-refractivity contribution in [3.05, 3.63) is 65.3 Å². The monoisotopic (exact) mass is 457 g/mol. The minimum absolute atomic E-state index is 0.0372. The highest BCUT2D eigenvalue weighted by molar-refractivity contribution is 5.95. The van der Waals surface area contributed by atoms with Gasteiger partial charge in [0.15, 0.2) is 0 Å². The summed E-state index contributed by atoms with van der Waals surface area (Å²) in [6.45, 7) is 2.28. The molecule has 2 aliphatic rings. The summed E-state index contributed by atoms with van der Waals surface area (Å²) >= 11 is 0. The normalized spacial score (nSPS) is 17.0. The zero-order valence-corrected chi connectivity index (χ0v) is 17.7. The van der Waals surface area contributed by atoms with E-state index in [-0.39, 0.29) is 30.1 Å². The van der Waals surface area contributed by atoms with Gasteiger partial charge in [-0.3, -0.25) is 4.90 Å². The molecule has 0 bridgehead atoms. The van der Waals surface area contributed by atoms with E-state index in [0.717, 1.165) is 43.2 Å². The lowest BCUT2D eigenvalue weighted by atomic mass is 10.0. The van der Waals surface area contributed by atoms with Gasteiger partial charge in [-0.15, -0.1) is 10.2 Å². The second kappa shape index (κ2) is 8.86. The molecule has 1 N–H and O–H groups in total. The lowest BCUT2D eigenvalue weighted by Gasteiger charge is -2.42. The molecule has 10 heteroatoms. The van der Waals surface area contributed by atoms with Crippen molar-refractivity contribution in [2.24, 2.45) is 0 Å². The number of benzene rings is 2. The van der Waals surface area contributed by atoms with Gasteiger partial charge in [-0.25, -0.2) is 9.18 Å². The maximum atomic E-state index is 15.0. The Bertz CT molecular complexity index is 1160. The van der Waals surface area contributed by atoms with Gasteiger partial charge in [0, 0.05) is 23.7 Å². The first-order valence-corrected chi connectivity index (χ1v) is 10.8. The predicted octanol–water partition coefficient (Wildman–Crippen LogP) is 4.51. The van der Waals surface area contributed by atoms with E-state index in [2.05, 4.69) is 15.5 Å². The van der Waals surface area contributed by atoms with Gasteiger partial charge in [0.25, 0.3) is 5.89 Å². The Morgan fingerprint density at radius 3 is 2.64 bits per heavy atom. The van der Waals surface area contributed by atoms with Crippen LogP contribution < -0.4 is 10.2 Å². The molecule has 0 atom stereocenters. The molecule has 2 amide bonds. The Balaban J connectivity index is 1.42. The van der Waals surface area contributed by atoms with Crippen molar-refractivity contribution in [2.45, 2.75) is 38.4 Å². The van der Waals surface area contributed by atoms with E-state index in [0.29, 0.717) is 12.1 Å². The van der Waals surface area contributed by atoms with Gasteiger partial charge in [0.2, 0.25) is 5.89 Å². The zero-order chi connectivity index (χ0) is 22.9. The average Bonchev–Trinajstić information content (AvgIpc) is 3.33. The van der Waals surface area contributed by atoms with Crippen LogP contribution in [0.2, 0.25) is 0 Å². The minimum atomic E-state index is -2.90. The third kappa shape index (κ3) is 4.18. The molecule has 0 saturated carbocycles. The highest BCUT2D eigenvalue weighted by Gasteiger charge is 2.35. The van der Waals surface area contributed by atoms with Gasteiger partial charge in [-0.05, 0) is 49.7 Å². The molecule has 1 aromatic heterocycles. The minimum Gasteiger partial charge on any atom is -0.415 e. The number of amides is 2. The molecule has 1 saturated heterocycles. The van der Waals surface area contributed by atoms with Crippen molar-refractivity contribution in [3.8, 4) is 11.5 Å². The quantitative estimate of drug-likeness (QED) is 0.610. The summed E-state index contributed by atoms with van der Waals surface area (Å²) in [6.07, 6.45) is -1.16. The maximum absolute atomic E-state index is 15.0. The van der Waals surface area contributed by atoms with E-state index in [4.69, 9.17) is 4.42 Å². The van der Waals surface area contributed by atoms with Crippen LogP contribution in [0.3, 0.4) is 0 Å². The standard InChI is InChI=1S/C23H22F3N5O2/c24-18-11-14(21-28-29-22(33-21)20(25)26)5-6-15(18)12-31-19-4-2-1-3-16(19)13-30(23(31)32)17-7-9-27-10-8-17/h1-6,11,17,20,27H,7-10,12-13H2. The van der Waals surface area contributed by atoms with E-state index >= 15 is 4.39 Å². The van der Waals surface area contributed by atoms with E-state index < -0.39 is 18.1 Å². The van der Waals surface area contributed by atoms with Gasteiger partial charge in [0.1, 0.15) is 5.82 Å². The number of hydrogen-bond donors (Lipinski definition) is 1. The van der Waals surface area contributed by atoms with Gasteiger partial charge >= 0.3 is 12.5 Å². The number of piperidine rings is 1. The van der Waals surface area contributed by atoms with Crippen LogP contribution in [-0.4, -0.2) is 40.3 Å². The molecule has 0 unspecified atom stereocenters. The fourth-order valence-electron chi connectivity index (χ4n) is 4.39. The Kier molecular flexibility index (Phi) is 5.76. The third-order valence-electron chi connectivity index (χ3n) is 6.10. The van der Waals surface area contributed by atoms with Gasteiger partial charge in [-0.1, -0.05) is 24.3 Å². The second-order valence-electron chi connectivity index (χ2n) is 8.16. The van der Waals surface area contributed by atoms with Crippen molar-refractivity contribution < 1.29 is 22.4 Å². The molecule has 3 heterocycles. The number of fused-ring (bicyclic) bond motifs is 1. The molecule has 2 aliphatic heterocycles. The number of nitrogens with zero attached hydrogens (tertiary/aromatic N) is 4. The number of aromatic nitrogens is 2. The smallest absolute Gasteiger partial charge is 0.325 e. The van der Waals surface area contributed by atoms with Crippen molar-refractivity contribution in [3.63, 3.8) is 0 Å². The molecule has 2 aromatic carbocycles. The van der Waals surface area contributed by atoms with Crippen LogP contribution >= 0.6 is 0 Å². The largest absolute Gasteiger partial charge is 0.415 e. The Labute approximate surface area is 188 Å². The molecule has 0 radical (unpaired) electrons. The number of hydrogen-bond acceptors (Lipinski definition) is 5. The van der Waals surface area contributed by atoms with Crippen molar-refractivity contribution in [2.75, 3.05) is 18.0 Å². The number of carbonyl (C=O) groups is 1. The summed E-state index contributed by atoms with van der Waals surface area (Å²) in [5.74, 6) is -1.59. The maximum Gasteiger partial charge on any atom is 0.325 e. The number of alkyl halides is 2. The number of halogens is 3. The highest BCUT2D eigenvalue weighted by Crippen LogP contribution is 2.33. The second-order valence-corrected chi connectivity index (χ2v) is 8.16. The number of rotatable bonds is 5. The van der Waals surface area contributed by atoms with E-state index in [9.17, 15) is 13.6 Å². The first-order valence-electron chi connectivity index (χ1n) is 10.8. The van der Waals surface area contributed by atoms with Crippen LogP contribution in [0.5, 0.6) is 0 Å². The number of anilines is 1. The van der Waals surface area contributed by atoms with Crippen LogP contribution in [0.15, 0.2) is 46.9 Å². The van der Waals surface area contributed by atoms with Crippen molar-refractivity contribution in [1.29, 1.82) is 0 Å². The van der Waals surface area contributed by atoms with Crippen molar-refractivity contribution in [1.82, 2.24) is 20.4 Å². The highest BCUT2D eigenvalue weighted by atomic mass is 19.3. The fourth-order valence-corrected chi connectivity index (χ4v) is 4.39. The van der Waals surface area contributed by atoms with Crippen LogP contribution in [0.1, 0.15) is 36.3 Å². The lowest BCUT2D eigenvalue weighted by Crippen LogP contribution is -2.53. The first-order chi connectivity index (χ1) is 16.0. The molecule has 33 heavy (non-hydrogen) atoms. The van der Waals surface area contributed by atoms with Gasteiger partial charge in [-0.2, -0.15) is 8.78 Å². The van der Waals surface area contributed by atoms with Crippen molar-refractivity contribution >= 4 is 11.7 Å². The van der Waals surface area contributed by atoms with Crippen LogP contribution in [-0.2, 0) is 13.1 Å². The van der Waals surface area contributed by atoms with E-state index in [1.165, 1.54) is 12.1 Å². The topological polar surface area (TPSA) is 74.5 Å². The molecule has 5 rings (SSSR count). The van der Waals surface area contributed by atoms with Crippen LogP contribution in [0.25, 0.3) is 11.5 Å². The van der Waals surface area contributed by atoms with E-state index in [1.54, 1.807) is 4.90 Å². The molecule has 3 aromatic rings. The number of carbonyl (C=O) groups excluding carboxylic acids is 1. The Morgan fingerprint density at radius 2 is 1.91 bits per heavy atom. The van der Waals surface area contributed by atoms with Crippen LogP contribution in [0, 0.1) is 5.82 Å². The fraction of sp³-hybridized carbons (Fsp3) is 0.348. The average molecular weight is 457 g/mol. The summed E-state index contributed by atoms with van der Waals surface area (Å²) in [5, 5.41) is 10.1. The number of nitrogens with one attached hydrogen (secondary N) is 1. The SMILES string of the molecule is O=C1N(Cc2ccc(-c3nnc(C(F)F)o3)cc2F)c2ccccc2CN1C1CCNCC1. The van der Waals surface area contributed by atoms with Crippen LogP contribution in [0.4, 0.5) is 23.7 Å². The number of urea groups is 1. The summed E-state index contributed by atoms with van der Waals surface area (Å²) in [5.41, 5.74) is 2.26. The molecule has 172 valence electrons. The zero-order valence-electron chi connectivity index (χ0n) is 17.7. The molecule has 0 spiro atoms. The molecular weight excluding hydrogens is 435 g/mol. The predicted molar refractivity (Wildman–Crippen MR) is 114 cm³/mol. The van der Waals surface area contributed by atoms with Gasteiger partial charge < -0.3 is 14.6 Å². The summed E-state index contributed by atoms with van der Waals surface area (Å²) < 4.78 is 45.3.